The van der Waals surface area contributed by atoms with Crippen molar-refractivity contribution in [2.24, 2.45) is 0 Å². The van der Waals surface area contributed by atoms with Gasteiger partial charge >= 0.3 is 0 Å². The molecule has 94 valence electrons. The zero-order valence-electron chi connectivity index (χ0n) is 9.18. The van der Waals surface area contributed by atoms with Gasteiger partial charge in [0.1, 0.15) is 5.82 Å². The van der Waals surface area contributed by atoms with Crippen LogP contribution < -0.4 is 5.32 Å². The van der Waals surface area contributed by atoms with E-state index in [1.165, 1.54) is 6.07 Å². The first-order valence-corrected chi connectivity index (χ1v) is 7.57. The average molecular weight is 438 g/mol. The van der Waals surface area contributed by atoms with Gasteiger partial charge in [0.15, 0.2) is 0 Å². The molecule has 18 heavy (non-hydrogen) atoms. The normalized spacial score (nSPS) is 10.4. The molecule has 0 atom stereocenters. The van der Waals surface area contributed by atoms with Crippen LogP contribution in [0, 0.1) is 5.82 Å². The molecule has 0 fully saturated rings. The van der Waals surface area contributed by atoms with Crippen LogP contribution in [0.4, 0.5) is 10.1 Å². The van der Waals surface area contributed by atoms with Gasteiger partial charge in [-0.2, -0.15) is 0 Å². The Labute approximate surface area is 130 Å². The Kier molecular flexibility index (Phi) is 4.81. The molecule has 2 aromatic carbocycles. The van der Waals surface area contributed by atoms with Crippen molar-refractivity contribution in [2.45, 2.75) is 6.54 Å². The maximum atomic E-state index is 13.3. The van der Waals surface area contributed by atoms with Gasteiger partial charge in [0, 0.05) is 21.2 Å². The molecule has 0 spiro atoms. The van der Waals surface area contributed by atoms with Crippen LogP contribution in [0.1, 0.15) is 5.56 Å². The van der Waals surface area contributed by atoms with Crippen LogP contribution in [-0.2, 0) is 6.54 Å². The Bertz CT molecular complexity index is 521. The van der Waals surface area contributed by atoms with E-state index < -0.39 is 0 Å². The number of benzene rings is 2. The third-order valence-corrected chi connectivity index (χ3v) is 4.92. The van der Waals surface area contributed by atoms with Gasteiger partial charge in [-0.3, -0.25) is 0 Å². The lowest BCUT2D eigenvalue weighted by Gasteiger charge is -2.08. The van der Waals surface area contributed by atoms with Gasteiger partial charge < -0.3 is 5.32 Å². The minimum Gasteiger partial charge on any atom is -0.381 e. The lowest BCUT2D eigenvalue weighted by molar-refractivity contribution is 0.621. The number of hydrogen-bond acceptors (Lipinski definition) is 1. The van der Waals surface area contributed by atoms with Gasteiger partial charge in [-0.15, -0.1) is 0 Å². The highest BCUT2D eigenvalue weighted by Crippen LogP contribution is 2.24. The third-order valence-electron chi connectivity index (χ3n) is 2.40. The molecule has 0 saturated heterocycles. The summed E-state index contributed by atoms with van der Waals surface area (Å²) in [7, 11) is 0. The number of nitrogens with one attached hydrogen (secondary N) is 1. The summed E-state index contributed by atoms with van der Waals surface area (Å²) in [6.07, 6.45) is 0. The molecule has 2 aromatic rings. The van der Waals surface area contributed by atoms with Crippen LogP contribution in [0.3, 0.4) is 0 Å². The lowest BCUT2D eigenvalue weighted by Crippen LogP contribution is -1.99. The Morgan fingerprint density at radius 3 is 2.28 bits per heavy atom. The summed E-state index contributed by atoms with van der Waals surface area (Å²) in [5.41, 5.74) is 1.88. The summed E-state index contributed by atoms with van der Waals surface area (Å²) in [5, 5.41) is 3.18. The molecule has 0 aliphatic rings. The molecule has 1 nitrogen and oxygen atoms in total. The van der Waals surface area contributed by atoms with Gasteiger partial charge in [-0.05, 0) is 83.7 Å². The first-order valence-electron chi connectivity index (χ1n) is 5.19. The summed E-state index contributed by atoms with van der Waals surface area (Å²) in [5.74, 6) is -0.267. The quantitative estimate of drug-likeness (QED) is 0.647. The Balaban J connectivity index is 2.06. The second-order valence-corrected chi connectivity index (χ2v) is 6.29. The maximum Gasteiger partial charge on any atom is 0.139 e. The molecule has 0 bridgehead atoms. The second kappa shape index (κ2) is 6.17. The fourth-order valence-corrected chi connectivity index (χ4v) is 2.38. The Morgan fingerprint density at radius 1 is 0.889 bits per heavy atom. The van der Waals surface area contributed by atoms with Crippen LogP contribution in [-0.4, -0.2) is 0 Å². The van der Waals surface area contributed by atoms with Gasteiger partial charge in [-0.25, -0.2) is 4.39 Å². The molecule has 0 aliphatic carbocycles. The van der Waals surface area contributed by atoms with Crippen LogP contribution in [0.5, 0.6) is 0 Å². The van der Waals surface area contributed by atoms with E-state index in [1.807, 2.05) is 24.3 Å². The number of halogens is 4. The van der Waals surface area contributed by atoms with Crippen molar-refractivity contribution in [3.05, 3.63) is 61.2 Å². The summed E-state index contributed by atoms with van der Waals surface area (Å²) in [4.78, 5) is 0. The molecule has 2 rings (SSSR count). The van der Waals surface area contributed by atoms with Crippen molar-refractivity contribution in [3.8, 4) is 0 Å². The van der Waals surface area contributed by atoms with E-state index in [9.17, 15) is 4.39 Å². The minimum atomic E-state index is -0.267. The zero-order valence-corrected chi connectivity index (χ0v) is 13.9. The molecule has 0 heterocycles. The molecule has 0 saturated carbocycles. The zero-order chi connectivity index (χ0) is 13.1. The monoisotopic (exact) mass is 435 g/mol. The van der Waals surface area contributed by atoms with Crippen molar-refractivity contribution >= 4 is 53.5 Å². The van der Waals surface area contributed by atoms with Gasteiger partial charge in [-0.1, -0.05) is 6.07 Å². The highest BCUT2D eigenvalue weighted by molar-refractivity contribution is 9.13. The van der Waals surface area contributed by atoms with Crippen molar-refractivity contribution in [1.29, 1.82) is 0 Å². The molecular formula is C13H9Br3FN. The van der Waals surface area contributed by atoms with E-state index >= 15 is 0 Å². The van der Waals surface area contributed by atoms with Crippen LogP contribution in [0.2, 0.25) is 0 Å². The molecule has 0 radical (unpaired) electrons. The third kappa shape index (κ3) is 3.56. The molecule has 0 aromatic heterocycles. The topological polar surface area (TPSA) is 12.0 Å². The van der Waals surface area contributed by atoms with Gasteiger partial charge in [0.2, 0.25) is 0 Å². The first kappa shape index (κ1) is 14.0. The molecule has 5 heteroatoms. The second-order valence-electron chi connectivity index (χ2n) is 3.73. The summed E-state index contributed by atoms with van der Waals surface area (Å²) in [6.45, 7) is 0.646. The van der Waals surface area contributed by atoms with E-state index in [0.29, 0.717) is 11.0 Å². The maximum absolute atomic E-state index is 13.3. The Hall–Kier alpha value is -0.390. The predicted molar refractivity (Wildman–Crippen MR) is 83.3 cm³/mol. The van der Waals surface area contributed by atoms with E-state index in [1.54, 1.807) is 6.07 Å². The van der Waals surface area contributed by atoms with Crippen LogP contribution in [0.25, 0.3) is 0 Å². The van der Waals surface area contributed by atoms with E-state index in [4.69, 9.17) is 0 Å². The SMILES string of the molecule is Fc1cc(NCc2ccc(Br)c(Br)c2)ccc1Br. The smallest absolute Gasteiger partial charge is 0.139 e. The van der Waals surface area contributed by atoms with Crippen molar-refractivity contribution < 1.29 is 4.39 Å². The minimum absolute atomic E-state index is 0.267. The fraction of sp³-hybridized carbons (Fsp3) is 0.0769. The highest BCUT2D eigenvalue weighted by atomic mass is 79.9. The van der Waals surface area contributed by atoms with Crippen LogP contribution in [0.15, 0.2) is 49.8 Å². The van der Waals surface area contributed by atoms with Gasteiger partial charge in [0.25, 0.3) is 0 Å². The van der Waals surface area contributed by atoms with E-state index in [-0.39, 0.29) is 5.82 Å². The molecular weight excluding hydrogens is 429 g/mol. The van der Waals surface area contributed by atoms with Crippen molar-refractivity contribution in [1.82, 2.24) is 0 Å². The molecule has 0 amide bonds. The van der Waals surface area contributed by atoms with E-state index in [2.05, 4.69) is 53.1 Å². The number of anilines is 1. The summed E-state index contributed by atoms with van der Waals surface area (Å²) >= 11 is 10.0. The summed E-state index contributed by atoms with van der Waals surface area (Å²) < 4.78 is 15.8. The number of rotatable bonds is 3. The molecule has 1 N–H and O–H groups in total. The van der Waals surface area contributed by atoms with Crippen molar-refractivity contribution in [3.63, 3.8) is 0 Å². The lowest BCUT2D eigenvalue weighted by atomic mass is 10.2. The highest BCUT2D eigenvalue weighted by Gasteiger charge is 2.02. The largest absolute Gasteiger partial charge is 0.381 e. The molecule has 0 aliphatic heterocycles. The number of hydrogen-bond donors (Lipinski definition) is 1. The average Bonchev–Trinajstić information content (AvgIpc) is 2.35. The van der Waals surface area contributed by atoms with Gasteiger partial charge in [0.05, 0.1) is 4.47 Å². The first-order chi connectivity index (χ1) is 8.56. The Morgan fingerprint density at radius 2 is 1.61 bits per heavy atom. The molecule has 0 unspecified atom stereocenters. The van der Waals surface area contributed by atoms with Crippen molar-refractivity contribution in [2.75, 3.05) is 5.32 Å². The standard InChI is InChI=1S/C13H9Br3FN/c14-10-3-1-8(5-12(10)16)7-18-9-2-4-11(15)13(17)6-9/h1-6,18H,7H2. The summed E-state index contributed by atoms with van der Waals surface area (Å²) in [6, 6.07) is 11.0. The van der Waals surface area contributed by atoms with Crippen LogP contribution >= 0.6 is 47.8 Å². The van der Waals surface area contributed by atoms with E-state index in [0.717, 1.165) is 20.2 Å². The predicted octanol–water partition coefficient (Wildman–Crippen LogP) is 5.73. The fourth-order valence-electron chi connectivity index (χ4n) is 1.46.